The zero-order chi connectivity index (χ0) is 18.6. The summed E-state index contributed by atoms with van der Waals surface area (Å²) in [7, 11) is 0. The zero-order valence-electron chi connectivity index (χ0n) is 15.4. The van der Waals surface area contributed by atoms with E-state index in [4.69, 9.17) is 4.74 Å². The maximum Gasteiger partial charge on any atom is 0.225 e. The standard InChI is InChI=1S/C22H25BrN2O2/c23-19-12-21(14-24-13-19)27-20-10-11-25(15-20)22(26)18-8-6-17(7-9-18)16-4-2-1-3-5-16/h1-5,12-14,17-18,20H,6-11,15H2. The molecule has 0 radical (unpaired) electrons. The summed E-state index contributed by atoms with van der Waals surface area (Å²) in [6.45, 7) is 1.48. The second-order valence-electron chi connectivity index (χ2n) is 7.61. The normalized spacial score (nSPS) is 25.4. The van der Waals surface area contributed by atoms with Crippen molar-refractivity contribution in [2.24, 2.45) is 5.92 Å². The predicted octanol–water partition coefficient (Wildman–Crippen LogP) is 4.80. The molecule has 1 unspecified atom stereocenters. The van der Waals surface area contributed by atoms with Crippen molar-refractivity contribution in [1.29, 1.82) is 0 Å². The number of nitrogens with zero attached hydrogens (tertiary/aromatic N) is 2. The lowest BCUT2D eigenvalue weighted by Gasteiger charge is -2.30. The van der Waals surface area contributed by atoms with E-state index in [-0.39, 0.29) is 12.0 Å². The minimum absolute atomic E-state index is 0.0608. The molecule has 1 aliphatic heterocycles. The first-order chi connectivity index (χ1) is 13.2. The van der Waals surface area contributed by atoms with Crippen molar-refractivity contribution in [3.05, 3.63) is 58.8 Å². The number of ether oxygens (including phenoxy) is 1. The van der Waals surface area contributed by atoms with Gasteiger partial charge in [-0.05, 0) is 59.2 Å². The van der Waals surface area contributed by atoms with Crippen LogP contribution in [0.2, 0.25) is 0 Å². The van der Waals surface area contributed by atoms with Crippen LogP contribution < -0.4 is 4.74 Å². The Hall–Kier alpha value is -1.88. The topological polar surface area (TPSA) is 42.4 Å². The maximum atomic E-state index is 12.9. The zero-order valence-corrected chi connectivity index (χ0v) is 17.0. The van der Waals surface area contributed by atoms with Gasteiger partial charge in [0.15, 0.2) is 0 Å². The van der Waals surface area contributed by atoms with Crippen molar-refractivity contribution in [2.75, 3.05) is 13.1 Å². The molecule has 0 bridgehead atoms. The van der Waals surface area contributed by atoms with E-state index in [0.29, 0.717) is 18.4 Å². The summed E-state index contributed by atoms with van der Waals surface area (Å²) in [6.07, 6.45) is 8.62. The molecule has 0 N–H and O–H groups in total. The van der Waals surface area contributed by atoms with Crippen LogP contribution >= 0.6 is 15.9 Å². The fourth-order valence-electron chi connectivity index (χ4n) is 4.33. The number of benzene rings is 1. The van der Waals surface area contributed by atoms with E-state index in [1.807, 2.05) is 11.0 Å². The van der Waals surface area contributed by atoms with Gasteiger partial charge in [0, 0.05) is 29.6 Å². The van der Waals surface area contributed by atoms with Crippen molar-refractivity contribution in [2.45, 2.75) is 44.1 Å². The number of aromatic nitrogens is 1. The summed E-state index contributed by atoms with van der Waals surface area (Å²) in [4.78, 5) is 19.1. The quantitative estimate of drug-likeness (QED) is 0.702. The Balaban J connectivity index is 1.28. The third-order valence-electron chi connectivity index (χ3n) is 5.79. The van der Waals surface area contributed by atoms with Crippen molar-refractivity contribution < 1.29 is 9.53 Å². The van der Waals surface area contributed by atoms with Crippen LogP contribution in [0.5, 0.6) is 5.75 Å². The molecule has 5 heteroatoms. The molecule has 1 aromatic heterocycles. The fourth-order valence-corrected chi connectivity index (χ4v) is 4.67. The van der Waals surface area contributed by atoms with Gasteiger partial charge in [0.05, 0.1) is 12.7 Å². The van der Waals surface area contributed by atoms with Crippen molar-refractivity contribution in [1.82, 2.24) is 9.88 Å². The van der Waals surface area contributed by atoms with Gasteiger partial charge in [0.1, 0.15) is 11.9 Å². The van der Waals surface area contributed by atoms with Gasteiger partial charge in [0.25, 0.3) is 0 Å². The van der Waals surface area contributed by atoms with Gasteiger partial charge in [0.2, 0.25) is 5.91 Å². The first kappa shape index (κ1) is 18.5. The molecule has 2 heterocycles. The summed E-state index contributed by atoms with van der Waals surface area (Å²) < 4.78 is 6.92. The van der Waals surface area contributed by atoms with E-state index in [0.717, 1.165) is 48.9 Å². The molecule has 4 nitrogen and oxygen atoms in total. The van der Waals surface area contributed by atoms with Gasteiger partial charge in [-0.25, -0.2) is 0 Å². The molecule has 0 spiro atoms. The molecular weight excluding hydrogens is 404 g/mol. The Kier molecular flexibility index (Phi) is 5.77. The average Bonchev–Trinajstić information content (AvgIpc) is 3.17. The molecule has 27 heavy (non-hydrogen) atoms. The number of halogens is 1. The predicted molar refractivity (Wildman–Crippen MR) is 109 cm³/mol. The van der Waals surface area contributed by atoms with Gasteiger partial charge in [-0.2, -0.15) is 0 Å². The Bertz CT molecular complexity index is 775. The summed E-state index contributed by atoms with van der Waals surface area (Å²) in [6, 6.07) is 12.6. The summed E-state index contributed by atoms with van der Waals surface area (Å²) in [5.41, 5.74) is 1.42. The number of hydrogen-bond acceptors (Lipinski definition) is 3. The molecule has 142 valence electrons. The van der Waals surface area contributed by atoms with Crippen molar-refractivity contribution in [3.8, 4) is 5.75 Å². The Morgan fingerprint density at radius 1 is 1.07 bits per heavy atom. The first-order valence-electron chi connectivity index (χ1n) is 9.80. The first-order valence-corrected chi connectivity index (χ1v) is 10.6. The average molecular weight is 429 g/mol. The number of likely N-dealkylation sites (tertiary alicyclic amines) is 1. The highest BCUT2D eigenvalue weighted by molar-refractivity contribution is 9.10. The van der Waals surface area contributed by atoms with Crippen molar-refractivity contribution in [3.63, 3.8) is 0 Å². The highest BCUT2D eigenvalue weighted by Crippen LogP contribution is 2.37. The summed E-state index contributed by atoms with van der Waals surface area (Å²) >= 11 is 3.41. The van der Waals surface area contributed by atoms with Crippen LogP contribution in [-0.2, 0) is 4.79 Å². The molecule has 1 saturated heterocycles. The molecule has 1 amide bonds. The van der Waals surface area contributed by atoms with Gasteiger partial charge in [-0.3, -0.25) is 9.78 Å². The smallest absolute Gasteiger partial charge is 0.225 e. The number of amides is 1. The summed E-state index contributed by atoms with van der Waals surface area (Å²) in [5, 5.41) is 0. The van der Waals surface area contributed by atoms with Crippen LogP contribution in [0.25, 0.3) is 0 Å². The molecule has 4 rings (SSSR count). The SMILES string of the molecule is O=C(C1CCC(c2ccccc2)CC1)N1CCC(Oc2cncc(Br)c2)C1. The van der Waals surface area contributed by atoms with Crippen LogP contribution in [0.4, 0.5) is 0 Å². The minimum atomic E-state index is 0.0608. The van der Waals surface area contributed by atoms with E-state index in [1.54, 1.807) is 12.4 Å². The van der Waals surface area contributed by atoms with Crippen LogP contribution in [-0.4, -0.2) is 35.0 Å². The van der Waals surface area contributed by atoms with E-state index < -0.39 is 0 Å². The Morgan fingerprint density at radius 3 is 2.59 bits per heavy atom. The van der Waals surface area contributed by atoms with Crippen LogP contribution in [0.3, 0.4) is 0 Å². The number of rotatable bonds is 4. The van der Waals surface area contributed by atoms with Gasteiger partial charge < -0.3 is 9.64 Å². The van der Waals surface area contributed by atoms with E-state index in [2.05, 4.69) is 51.2 Å². The fraction of sp³-hybridized carbons (Fsp3) is 0.455. The largest absolute Gasteiger partial charge is 0.487 e. The lowest BCUT2D eigenvalue weighted by atomic mass is 9.78. The van der Waals surface area contributed by atoms with Crippen LogP contribution in [0.1, 0.15) is 43.6 Å². The second-order valence-corrected chi connectivity index (χ2v) is 8.53. The molecule has 2 aliphatic rings. The van der Waals surface area contributed by atoms with Gasteiger partial charge in [-0.1, -0.05) is 30.3 Å². The van der Waals surface area contributed by atoms with Crippen molar-refractivity contribution >= 4 is 21.8 Å². The van der Waals surface area contributed by atoms with Gasteiger partial charge in [-0.15, -0.1) is 0 Å². The number of pyridine rings is 1. The highest BCUT2D eigenvalue weighted by atomic mass is 79.9. The Labute approximate surface area is 169 Å². The Morgan fingerprint density at radius 2 is 1.85 bits per heavy atom. The maximum absolute atomic E-state index is 12.9. The second kappa shape index (κ2) is 8.42. The molecule has 2 aromatic rings. The summed E-state index contributed by atoms with van der Waals surface area (Å²) in [5.74, 6) is 1.86. The molecular formula is C22H25BrN2O2. The van der Waals surface area contributed by atoms with E-state index >= 15 is 0 Å². The highest BCUT2D eigenvalue weighted by Gasteiger charge is 2.34. The van der Waals surface area contributed by atoms with Crippen LogP contribution in [0.15, 0.2) is 53.3 Å². The van der Waals surface area contributed by atoms with E-state index in [1.165, 1.54) is 5.56 Å². The minimum Gasteiger partial charge on any atom is -0.487 e. The third kappa shape index (κ3) is 4.52. The number of carbonyl (C=O) groups is 1. The van der Waals surface area contributed by atoms with E-state index in [9.17, 15) is 4.79 Å². The molecule has 2 fully saturated rings. The molecule has 1 aliphatic carbocycles. The monoisotopic (exact) mass is 428 g/mol. The number of hydrogen-bond donors (Lipinski definition) is 0. The third-order valence-corrected chi connectivity index (χ3v) is 6.22. The molecule has 1 aromatic carbocycles. The van der Waals surface area contributed by atoms with Crippen LogP contribution in [0, 0.1) is 5.92 Å². The lowest BCUT2D eigenvalue weighted by molar-refractivity contribution is -0.135. The van der Waals surface area contributed by atoms with Gasteiger partial charge >= 0.3 is 0 Å². The lowest BCUT2D eigenvalue weighted by Crippen LogP contribution is -2.37. The number of carbonyl (C=O) groups excluding carboxylic acids is 1. The molecule has 1 saturated carbocycles. The molecule has 1 atom stereocenters.